The maximum atomic E-state index is 10.0. The van der Waals surface area contributed by atoms with Crippen LogP contribution in [0.1, 0.15) is 21.1 Å². The summed E-state index contributed by atoms with van der Waals surface area (Å²) in [4.78, 5) is 38.7. The Labute approximate surface area is 109 Å². The van der Waals surface area contributed by atoms with Crippen molar-refractivity contribution in [2.45, 2.75) is 0 Å². The Kier molecular flexibility index (Phi) is 4.86. The van der Waals surface area contributed by atoms with Crippen LogP contribution in [-0.2, 0) is 0 Å². The molecule has 0 aliphatic rings. The van der Waals surface area contributed by atoms with E-state index in [0.717, 1.165) is 24.7 Å². The van der Waals surface area contributed by atoms with Crippen LogP contribution in [0.15, 0.2) is 33.5 Å². The van der Waals surface area contributed by atoms with E-state index in [9.17, 15) is 29.8 Å². The molecule has 20 heavy (non-hydrogen) atoms. The zero-order valence-electron chi connectivity index (χ0n) is 9.62. The molecule has 0 atom stereocenters. The fraction of sp³-hybridized carbons (Fsp3) is 0. The smallest absolute Gasteiger partial charge is 0.318 e. The summed E-state index contributed by atoms with van der Waals surface area (Å²) in [5.41, 5.74) is -0.593. The number of carbonyl (C=O) groups excluding carboxylic acids is 2. The molecular formula is C10H6N2O8. The molecule has 2 rings (SSSR count). The Balaban J connectivity index is 0.000000200. The number of rotatable bonds is 4. The van der Waals surface area contributed by atoms with E-state index < -0.39 is 9.85 Å². The average molecular weight is 282 g/mol. The van der Waals surface area contributed by atoms with Gasteiger partial charge in [0.2, 0.25) is 11.5 Å². The third-order valence-corrected chi connectivity index (χ3v) is 1.95. The fourth-order valence-electron chi connectivity index (χ4n) is 1.11. The van der Waals surface area contributed by atoms with Crippen molar-refractivity contribution < 1.29 is 28.3 Å². The summed E-state index contributed by atoms with van der Waals surface area (Å²) < 4.78 is 8.93. The van der Waals surface area contributed by atoms with Gasteiger partial charge >= 0.3 is 11.4 Å². The maximum absolute atomic E-state index is 10.0. The van der Waals surface area contributed by atoms with E-state index in [4.69, 9.17) is 0 Å². The van der Waals surface area contributed by atoms with Crippen LogP contribution < -0.4 is 0 Å². The summed E-state index contributed by atoms with van der Waals surface area (Å²) in [6.07, 6.45) is 2.81. The lowest BCUT2D eigenvalue weighted by Crippen LogP contribution is -1.88. The van der Waals surface area contributed by atoms with E-state index in [0.29, 0.717) is 12.6 Å². The van der Waals surface area contributed by atoms with E-state index >= 15 is 0 Å². The van der Waals surface area contributed by atoms with Crippen molar-refractivity contribution in [1.29, 1.82) is 0 Å². The van der Waals surface area contributed by atoms with Gasteiger partial charge in [0.25, 0.3) is 0 Å². The normalized spacial score (nSPS) is 9.20. The molecule has 0 aliphatic carbocycles. The van der Waals surface area contributed by atoms with Gasteiger partial charge in [-0.2, -0.15) is 0 Å². The highest BCUT2D eigenvalue weighted by Crippen LogP contribution is 2.16. The number of aldehydes is 2. The van der Waals surface area contributed by atoms with Gasteiger partial charge in [-0.1, -0.05) is 0 Å². The lowest BCUT2D eigenvalue weighted by Gasteiger charge is -1.81. The van der Waals surface area contributed by atoms with Gasteiger partial charge in [-0.3, -0.25) is 29.8 Å². The standard InChI is InChI=1S/2C5H3NO4/c2*7-3-5-4(6(8)9)1-2-10-5/h2*1-3H. The van der Waals surface area contributed by atoms with Gasteiger partial charge in [0, 0.05) is 0 Å². The van der Waals surface area contributed by atoms with Gasteiger partial charge in [-0.15, -0.1) is 0 Å². The SMILES string of the molecule is O=Cc1occc1[N+](=O)[O-].O=Cc1occc1[N+](=O)[O-]. The largest absolute Gasteiger partial charge is 0.454 e. The van der Waals surface area contributed by atoms with Gasteiger partial charge in [0.15, 0.2) is 12.6 Å². The second-order valence-electron chi connectivity index (χ2n) is 3.09. The lowest BCUT2D eigenvalue weighted by atomic mass is 10.4. The van der Waals surface area contributed by atoms with Gasteiger partial charge in [-0.25, -0.2) is 0 Å². The van der Waals surface area contributed by atoms with Crippen LogP contribution in [0.25, 0.3) is 0 Å². The summed E-state index contributed by atoms with van der Waals surface area (Å²) in [5.74, 6) is -0.491. The first-order valence-electron chi connectivity index (χ1n) is 4.85. The summed E-state index contributed by atoms with van der Waals surface area (Å²) >= 11 is 0. The molecule has 0 aliphatic heterocycles. The highest BCUT2D eigenvalue weighted by molar-refractivity contribution is 5.77. The predicted octanol–water partition coefficient (Wildman–Crippen LogP) is 2.00. The van der Waals surface area contributed by atoms with E-state index in [1.54, 1.807) is 0 Å². The van der Waals surface area contributed by atoms with Crippen LogP contribution in [0, 0.1) is 20.2 Å². The minimum atomic E-state index is -0.673. The first kappa shape index (κ1) is 14.8. The van der Waals surface area contributed by atoms with Crippen molar-refractivity contribution in [1.82, 2.24) is 0 Å². The minimum absolute atomic E-state index is 0.245. The fourth-order valence-corrected chi connectivity index (χ4v) is 1.11. The van der Waals surface area contributed by atoms with Crippen LogP contribution in [0.3, 0.4) is 0 Å². The second-order valence-corrected chi connectivity index (χ2v) is 3.09. The average Bonchev–Trinajstić information content (AvgIpc) is 3.07. The number of nitro groups is 2. The predicted molar refractivity (Wildman–Crippen MR) is 61.5 cm³/mol. The van der Waals surface area contributed by atoms with Crippen molar-refractivity contribution in [2.75, 3.05) is 0 Å². The Morgan fingerprint density at radius 1 is 0.850 bits per heavy atom. The second kappa shape index (κ2) is 6.58. The van der Waals surface area contributed by atoms with E-state index in [-0.39, 0.29) is 22.9 Å². The van der Waals surface area contributed by atoms with Gasteiger partial charge in [-0.05, 0) is 0 Å². The Hall–Kier alpha value is -3.30. The van der Waals surface area contributed by atoms with Gasteiger partial charge in [0.1, 0.15) is 0 Å². The molecule has 0 unspecified atom stereocenters. The Morgan fingerprint density at radius 2 is 1.20 bits per heavy atom. The third kappa shape index (κ3) is 3.35. The molecule has 0 saturated heterocycles. The molecule has 0 spiro atoms. The molecule has 2 aromatic rings. The first-order valence-corrected chi connectivity index (χ1v) is 4.85. The van der Waals surface area contributed by atoms with Crippen LogP contribution in [0.5, 0.6) is 0 Å². The van der Waals surface area contributed by atoms with Crippen LogP contribution in [-0.4, -0.2) is 22.4 Å². The van der Waals surface area contributed by atoms with Crippen molar-refractivity contribution in [3.05, 3.63) is 56.4 Å². The maximum Gasteiger partial charge on any atom is 0.318 e. The molecule has 2 heterocycles. The van der Waals surface area contributed by atoms with Crippen molar-refractivity contribution in [2.24, 2.45) is 0 Å². The van der Waals surface area contributed by atoms with Crippen LogP contribution in [0.4, 0.5) is 11.4 Å². The Morgan fingerprint density at radius 3 is 1.40 bits per heavy atom. The molecular weight excluding hydrogens is 276 g/mol. The molecule has 0 amide bonds. The van der Waals surface area contributed by atoms with Crippen molar-refractivity contribution in [3.8, 4) is 0 Å². The first-order chi connectivity index (χ1) is 9.51. The molecule has 0 radical (unpaired) electrons. The van der Waals surface area contributed by atoms with Crippen molar-refractivity contribution in [3.63, 3.8) is 0 Å². The molecule has 104 valence electrons. The zero-order chi connectivity index (χ0) is 15.1. The van der Waals surface area contributed by atoms with Crippen molar-refractivity contribution >= 4 is 23.9 Å². The summed E-state index contributed by atoms with van der Waals surface area (Å²) in [5, 5.41) is 20.1. The summed E-state index contributed by atoms with van der Waals surface area (Å²) in [6.45, 7) is 0. The summed E-state index contributed by atoms with van der Waals surface area (Å²) in [7, 11) is 0. The number of furan rings is 2. The molecule has 10 nitrogen and oxygen atoms in total. The lowest BCUT2D eigenvalue weighted by molar-refractivity contribution is -0.385. The van der Waals surface area contributed by atoms with E-state index in [1.165, 1.54) is 0 Å². The molecule has 0 N–H and O–H groups in total. The highest BCUT2D eigenvalue weighted by Gasteiger charge is 2.15. The number of nitrogens with zero attached hydrogens (tertiary/aromatic N) is 2. The molecule has 10 heteroatoms. The number of hydrogen-bond acceptors (Lipinski definition) is 8. The zero-order valence-corrected chi connectivity index (χ0v) is 9.62. The van der Waals surface area contributed by atoms with Crippen LogP contribution >= 0.6 is 0 Å². The topological polar surface area (TPSA) is 147 Å². The molecule has 0 fully saturated rings. The summed E-state index contributed by atoms with van der Waals surface area (Å²) in [6, 6.07) is 2.26. The highest BCUT2D eigenvalue weighted by atomic mass is 16.6. The quantitative estimate of drug-likeness (QED) is 0.469. The van der Waals surface area contributed by atoms with Gasteiger partial charge in [0.05, 0.1) is 34.5 Å². The number of carbonyl (C=O) groups is 2. The number of hydrogen-bond donors (Lipinski definition) is 0. The molecule has 0 saturated carbocycles. The van der Waals surface area contributed by atoms with E-state index in [1.807, 2.05) is 0 Å². The van der Waals surface area contributed by atoms with Gasteiger partial charge < -0.3 is 8.83 Å². The molecule has 2 aromatic heterocycles. The van der Waals surface area contributed by atoms with Crippen LogP contribution in [0.2, 0.25) is 0 Å². The minimum Gasteiger partial charge on any atom is -0.454 e. The third-order valence-electron chi connectivity index (χ3n) is 1.95. The molecule has 0 aromatic carbocycles. The van der Waals surface area contributed by atoms with E-state index in [2.05, 4.69) is 8.83 Å². The monoisotopic (exact) mass is 282 g/mol. The molecule has 0 bridgehead atoms. The Bertz CT molecular complexity index is 585.